The van der Waals surface area contributed by atoms with E-state index in [9.17, 15) is 5.11 Å². The summed E-state index contributed by atoms with van der Waals surface area (Å²) in [6.07, 6.45) is 7.64. The first-order chi connectivity index (χ1) is 8.19. The molecule has 0 aromatic carbocycles. The van der Waals surface area contributed by atoms with Crippen LogP contribution in [0.15, 0.2) is 0 Å². The van der Waals surface area contributed by atoms with E-state index in [0.29, 0.717) is 6.61 Å². The molecule has 17 heavy (non-hydrogen) atoms. The third kappa shape index (κ3) is 4.26. The summed E-state index contributed by atoms with van der Waals surface area (Å²) < 4.78 is 0. The summed E-state index contributed by atoms with van der Waals surface area (Å²) in [6.45, 7) is 10.6. The summed E-state index contributed by atoms with van der Waals surface area (Å²) in [5.74, 6) is 0.961. The Morgan fingerprint density at radius 2 is 1.71 bits per heavy atom. The van der Waals surface area contributed by atoms with Gasteiger partial charge in [0.1, 0.15) is 0 Å². The van der Waals surface area contributed by atoms with E-state index in [1.807, 2.05) is 0 Å². The van der Waals surface area contributed by atoms with Crippen molar-refractivity contribution >= 4 is 0 Å². The van der Waals surface area contributed by atoms with Crippen LogP contribution in [0.3, 0.4) is 0 Å². The van der Waals surface area contributed by atoms with Gasteiger partial charge in [-0.05, 0) is 44.7 Å². The maximum Gasteiger partial charge on any atom is 0.0499 e. The molecule has 102 valence electrons. The van der Waals surface area contributed by atoms with Crippen LogP contribution in [0.1, 0.15) is 59.3 Å². The molecular weight excluding hydrogens is 210 g/mol. The number of aliphatic hydroxyl groups excluding tert-OH is 1. The van der Waals surface area contributed by atoms with Gasteiger partial charge in [0, 0.05) is 18.6 Å². The molecule has 0 bridgehead atoms. The summed E-state index contributed by atoms with van der Waals surface area (Å²) in [7, 11) is 0. The molecular formula is C15H31NO. The molecule has 0 atom stereocenters. The summed E-state index contributed by atoms with van der Waals surface area (Å²) in [6, 6.07) is 0. The molecule has 1 fully saturated rings. The Balaban J connectivity index is 2.38. The van der Waals surface area contributed by atoms with E-state index in [1.165, 1.54) is 38.8 Å². The maximum atomic E-state index is 9.62. The van der Waals surface area contributed by atoms with Crippen LogP contribution in [0, 0.1) is 11.3 Å². The van der Waals surface area contributed by atoms with Crippen LogP contribution in [0.4, 0.5) is 0 Å². The number of hydrogen-bond donors (Lipinski definition) is 1. The molecule has 2 heteroatoms. The highest BCUT2D eigenvalue weighted by Crippen LogP contribution is 2.29. The van der Waals surface area contributed by atoms with Gasteiger partial charge in [-0.25, -0.2) is 0 Å². The topological polar surface area (TPSA) is 23.5 Å². The third-order valence-electron chi connectivity index (χ3n) is 4.80. The van der Waals surface area contributed by atoms with E-state index in [-0.39, 0.29) is 5.41 Å². The zero-order valence-corrected chi connectivity index (χ0v) is 12.0. The van der Waals surface area contributed by atoms with Gasteiger partial charge in [-0.3, -0.25) is 0 Å². The zero-order valence-electron chi connectivity index (χ0n) is 12.0. The minimum atomic E-state index is 0.150. The van der Waals surface area contributed by atoms with Crippen molar-refractivity contribution in [2.75, 3.05) is 26.2 Å². The lowest BCUT2D eigenvalue weighted by Gasteiger charge is -2.39. The third-order valence-corrected chi connectivity index (χ3v) is 4.80. The van der Waals surface area contributed by atoms with Gasteiger partial charge in [0.15, 0.2) is 0 Å². The standard InChI is InChI=1S/C15H31NO/c1-4-7-14-8-10-16(11-9-14)12-15(5-2,6-3)13-17/h14,17H,4-13H2,1-3H3. The number of rotatable bonds is 7. The van der Waals surface area contributed by atoms with E-state index in [4.69, 9.17) is 0 Å². The van der Waals surface area contributed by atoms with Gasteiger partial charge in [-0.15, -0.1) is 0 Å². The van der Waals surface area contributed by atoms with Gasteiger partial charge < -0.3 is 10.0 Å². The lowest BCUT2D eigenvalue weighted by Crippen LogP contribution is -2.43. The van der Waals surface area contributed by atoms with Gasteiger partial charge in [-0.2, -0.15) is 0 Å². The fourth-order valence-corrected chi connectivity index (χ4v) is 3.06. The summed E-state index contributed by atoms with van der Waals surface area (Å²) in [5.41, 5.74) is 0.150. The second-order valence-corrected chi connectivity index (χ2v) is 5.87. The fraction of sp³-hybridized carbons (Fsp3) is 1.00. The molecule has 1 rings (SSSR count). The molecule has 0 aliphatic carbocycles. The van der Waals surface area contributed by atoms with Crippen molar-refractivity contribution in [3.8, 4) is 0 Å². The molecule has 2 nitrogen and oxygen atoms in total. The van der Waals surface area contributed by atoms with Gasteiger partial charge in [0.25, 0.3) is 0 Å². The molecule has 1 saturated heterocycles. The van der Waals surface area contributed by atoms with E-state index in [0.717, 1.165) is 25.3 Å². The van der Waals surface area contributed by atoms with Crippen molar-refractivity contribution in [1.82, 2.24) is 4.90 Å². The molecule has 0 radical (unpaired) electrons. The zero-order chi connectivity index (χ0) is 12.7. The lowest BCUT2D eigenvalue weighted by atomic mass is 9.81. The van der Waals surface area contributed by atoms with Crippen LogP contribution in [0.25, 0.3) is 0 Å². The van der Waals surface area contributed by atoms with Crippen molar-refractivity contribution in [3.05, 3.63) is 0 Å². The Hall–Kier alpha value is -0.0800. The molecule has 1 aliphatic heterocycles. The predicted octanol–water partition coefficient (Wildman–Crippen LogP) is 3.30. The second kappa shape index (κ2) is 7.38. The Morgan fingerprint density at radius 1 is 1.12 bits per heavy atom. The van der Waals surface area contributed by atoms with E-state index in [1.54, 1.807) is 0 Å². The fourth-order valence-electron chi connectivity index (χ4n) is 3.06. The average Bonchev–Trinajstić information content (AvgIpc) is 2.39. The lowest BCUT2D eigenvalue weighted by molar-refractivity contribution is 0.0496. The summed E-state index contributed by atoms with van der Waals surface area (Å²) in [5, 5.41) is 9.62. The smallest absolute Gasteiger partial charge is 0.0499 e. The van der Waals surface area contributed by atoms with Gasteiger partial charge in [0.2, 0.25) is 0 Å². The van der Waals surface area contributed by atoms with E-state index < -0.39 is 0 Å². The van der Waals surface area contributed by atoms with Crippen molar-refractivity contribution in [1.29, 1.82) is 0 Å². The number of piperidine rings is 1. The average molecular weight is 241 g/mol. The molecule has 0 unspecified atom stereocenters. The van der Waals surface area contributed by atoms with Crippen molar-refractivity contribution in [2.24, 2.45) is 11.3 Å². The Kier molecular flexibility index (Phi) is 6.50. The van der Waals surface area contributed by atoms with Crippen molar-refractivity contribution in [2.45, 2.75) is 59.3 Å². The summed E-state index contributed by atoms with van der Waals surface area (Å²) >= 11 is 0. The Labute approximate surface area is 107 Å². The number of likely N-dealkylation sites (tertiary alicyclic amines) is 1. The van der Waals surface area contributed by atoms with Crippen molar-refractivity contribution in [3.63, 3.8) is 0 Å². The highest BCUT2D eigenvalue weighted by Gasteiger charge is 2.29. The number of hydrogen-bond acceptors (Lipinski definition) is 2. The Bertz CT molecular complexity index is 185. The molecule has 1 aliphatic rings. The van der Waals surface area contributed by atoms with Crippen LogP contribution in [0.2, 0.25) is 0 Å². The first kappa shape index (κ1) is 15.0. The van der Waals surface area contributed by atoms with Crippen LogP contribution >= 0.6 is 0 Å². The highest BCUT2D eigenvalue weighted by atomic mass is 16.3. The quantitative estimate of drug-likeness (QED) is 0.739. The van der Waals surface area contributed by atoms with Gasteiger partial charge in [0.05, 0.1) is 0 Å². The van der Waals surface area contributed by atoms with Gasteiger partial charge in [-0.1, -0.05) is 33.6 Å². The van der Waals surface area contributed by atoms with Crippen molar-refractivity contribution < 1.29 is 5.11 Å². The van der Waals surface area contributed by atoms with Crippen LogP contribution in [-0.4, -0.2) is 36.2 Å². The first-order valence-electron chi connectivity index (χ1n) is 7.53. The maximum absolute atomic E-state index is 9.62. The minimum Gasteiger partial charge on any atom is -0.396 e. The second-order valence-electron chi connectivity index (χ2n) is 5.87. The molecule has 0 aromatic heterocycles. The molecule has 1 N–H and O–H groups in total. The molecule has 0 saturated carbocycles. The Morgan fingerprint density at radius 3 is 2.12 bits per heavy atom. The molecule has 1 heterocycles. The predicted molar refractivity (Wildman–Crippen MR) is 74.2 cm³/mol. The molecule has 0 amide bonds. The molecule has 0 aromatic rings. The monoisotopic (exact) mass is 241 g/mol. The summed E-state index contributed by atoms with van der Waals surface area (Å²) in [4.78, 5) is 2.58. The first-order valence-corrected chi connectivity index (χ1v) is 7.53. The van der Waals surface area contributed by atoms with Crippen LogP contribution in [0.5, 0.6) is 0 Å². The largest absolute Gasteiger partial charge is 0.396 e. The van der Waals surface area contributed by atoms with E-state index in [2.05, 4.69) is 25.7 Å². The van der Waals surface area contributed by atoms with Gasteiger partial charge >= 0.3 is 0 Å². The SMILES string of the molecule is CCCC1CCN(CC(CC)(CC)CO)CC1. The van der Waals surface area contributed by atoms with Crippen LogP contribution < -0.4 is 0 Å². The van der Waals surface area contributed by atoms with Crippen LogP contribution in [-0.2, 0) is 0 Å². The molecule has 0 spiro atoms. The number of nitrogens with zero attached hydrogens (tertiary/aromatic N) is 1. The highest BCUT2D eigenvalue weighted by molar-refractivity contribution is 4.82. The normalized spacial score (nSPS) is 19.8. The number of aliphatic hydroxyl groups is 1. The minimum absolute atomic E-state index is 0.150. The van der Waals surface area contributed by atoms with E-state index >= 15 is 0 Å².